The van der Waals surface area contributed by atoms with E-state index in [9.17, 15) is 4.79 Å². The molecule has 0 aliphatic rings. The van der Waals surface area contributed by atoms with Crippen LogP contribution in [0.1, 0.15) is 13.1 Å². The molecule has 3 nitrogen and oxygen atoms in total. The zero-order valence-corrected chi connectivity index (χ0v) is 9.19. The van der Waals surface area contributed by atoms with Gasteiger partial charge in [0.05, 0.1) is 9.85 Å². The van der Waals surface area contributed by atoms with E-state index in [1.165, 1.54) is 7.11 Å². The highest BCUT2D eigenvalue weighted by Crippen LogP contribution is 2.23. The van der Waals surface area contributed by atoms with E-state index in [1.54, 1.807) is 0 Å². The largest absolute Gasteiger partial charge is 0.465 e. The molecule has 0 aromatic carbocycles. The molecule has 0 atom stereocenters. The van der Waals surface area contributed by atoms with E-state index in [2.05, 4.69) is 41.6 Å². The fraction of sp³-hybridized carbons (Fsp3) is 0.143. The monoisotopic (exact) mass is 295 g/mol. The average Bonchev–Trinajstić information content (AvgIpc) is 2.14. The van der Waals surface area contributed by atoms with Crippen molar-refractivity contribution in [3.63, 3.8) is 0 Å². The molecule has 0 unspecified atom stereocenters. The van der Waals surface area contributed by atoms with Gasteiger partial charge in [0.2, 0.25) is 0 Å². The second-order valence-electron chi connectivity index (χ2n) is 1.82. The van der Waals surface area contributed by atoms with Crippen molar-refractivity contribution in [3.05, 3.63) is 26.9 Å². The summed E-state index contributed by atoms with van der Waals surface area (Å²) in [7, 11) is 1.24. The summed E-state index contributed by atoms with van der Waals surface area (Å²) in [6.45, 7) is 0. The maximum Gasteiger partial charge on any atom is 0.341 e. The Labute approximate surface area is 89.2 Å². The van der Waals surface area contributed by atoms with E-state index in [1.807, 2.05) is 0 Å². The summed E-state index contributed by atoms with van der Waals surface area (Å²) in [5.74, 6) is -0.607. The minimum atomic E-state index is -0.607. The Morgan fingerprint density at radius 1 is 1.75 bits per heavy atom. The van der Waals surface area contributed by atoms with Crippen LogP contribution in [-0.2, 0) is 4.74 Å². The lowest BCUT2D eigenvalue weighted by Crippen LogP contribution is -2.04. The number of nitrogens with zero attached hydrogens (tertiary/aromatic N) is 1. The van der Waals surface area contributed by atoms with Gasteiger partial charge in [-0.3, -0.25) is 0 Å². The van der Waals surface area contributed by atoms with Crippen LogP contribution < -0.4 is 0 Å². The topological polar surface area (TPSA) is 39.2 Å². The highest BCUT2D eigenvalue weighted by molar-refractivity contribution is 9.11. The van der Waals surface area contributed by atoms with Gasteiger partial charge in [0.1, 0.15) is 10.2 Å². The number of halogens is 2. The third kappa shape index (κ3) is 1.84. The number of carbonyl (C=O) groups excluding carboxylic acids is 1. The van der Waals surface area contributed by atoms with E-state index in [0.717, 1.165) is 0 Å². The van der Waals surface area contributed by atoms with Crippen LogP contribution in [0.15, 0.2) is 21.3 Å². The quantitative estimate of drug-likeness (QED) is 0.590. The van der Waals surface area contributed by atoms with Gasteiger partial charge in [0, 0.05) is 10.6 Å². The number of carbonyl (C=O) groups is 1. The summed E-state index contributed by atoms with van der Waals surface area (Å²) in [5, 5.41) is 0. The second-order valence-corrected chi connectivity index (χ2v) is 3.36. The van der Waals surface area contributed by atoms with Gasteiger partial charge < -0.3 is 4.74 Å². The van der Waals surface area contributed by atoms with Crippen molar-refractivity contribution in [2.24, 2.45) is 0 Å². The molecule has 1 aromatic rings. The van der Waals surface area contributed by atoms with Gasteiger partial charge in [0.15, 0.2) is 0 Å². The first-order valence-corrected chi connectivity index (χ1v) is 4.48. The minimum absolute atomic E-state index is 0.119. The van der Waals surface area contributed by atoms with Crippen LogP contribution in [-0.4, -0.2) is 18.1 Å². The molecule has 12 heavy (non-hydrogen) atoms. The Balaban J connectivity index is 3.44. The van der Waals surface area contributed by atoms with E-state index in [0.29, 0.717) is 0 Å². The fourth-order valence-electron chi connectivity index (χ4n) is 0.611. The van der Waals surface area contributed by atoms with Crippen LogP contribution in [0.3, 0.4) is 0 Å². The van der Waals surface area contributed by atoms with Gasteiger partial charge in [-0.1, -0.05) is 0 Å². The molecule has 0 aliphatic carbocycles. The Morgan fingerprint density at radius 3 is 3.00 bits per heavy atom. The van der Waals surface area contributed by atoms with Crippen molar-refractivity contribution in [1.29, 1.82) is 0 Å². The summed E-state index contributed by atoms with van der Waals surface area (Å²) in [6, 6.07) is -0.145. The SMILES string of the molecule is [2H]c1nc(Br)c(C(=O)OC)c(Br)c1[2H]. The predicted molar refractivity (Wildman–Crippen MR) is 51.0 cm³/mol. The summed E-state index contributed by atoms with van der Waals surface area (Å²) >= 11 is 6.07. The normalized spacial score (nSPS) is 11.9. The molecule has 0 saturated heterocycles. The molecule has 0 saturated carbocycles. The van der Waals surface area contributed by atoms with Gasteiger partial charge in [-0.05, 0) is 37.9 Å². The molecule has 64 valence electrons. The van der Waals surface area contributed by atoms with Crippen LogP contribution >= 0.6 is 31.9 Å². The molecule has 0 bridgehead atoms. The second kappa shape index (κ2) is 4.00. The number of esters is 1. The molecule has 0 spiro atoms. The number of methoxy groups -OCH3 is 1. The van der Waals surface area contributed by atoms with Gasteiger partial charge in [-0.15, -0.1) is 0 Å². The van der Waals surface area contributed by atoms with Crippen LogP contribution in [0.2, 0.25) is 0 Å². The van der Waals surface area contributed by atoms with E-state index in [-0.39, 0.29) is 26.9 Å². The zero-order valence-electron chi connectivity index (χ0n) is 8.02. The third-order valence-electron chi connectivity index (χ3n) is 1.14. The van der Waals surface area contributed by atoms with Gasteiger partial charge in [-0.2, -0.15) is 0 Å². The smallest absolute Gasteiger partial charge is 0.341 e. The van der Waals surface area contributed by atoms with Crippen molar-refractivity contribution in [1.82, 2.24) is 4.98 Å². The Bertz CT molecular complexity index is 398. The first-order chi connectivity index (χ1) is 6.49. The molecular weight excluding hydrogens is 290 g/mol. The standard InChI is InChI=1S/C7H5Br2NO2/c1-12-7(11)5-4(8)2-3-10-6(5)9/h2-3H,1H3/i2D,3D. The molecular formula is C7H5Br2NO2. The lowest BCUT2D eigenvalue weighted by atomic mass is 10.3. The zero-order chi connectivity index (χ0) is 10.9. The fourth-order valence-corrected chi connectivity index (χ4v) is 1.76. The lowest BCUT2D eigenvalue weighted by Gasteiger charge is -2.02. The van der Waals surface area contributed by atoms with Gasteiger partial charge in [-0.25, -0.2) is 9.78 Å². The first kappa shape index (κ1) is 7.03. The van der Waals surface area contributed by atoms with E-state index >= 15 is 0 Å². The van der Waals surface area contributed by atoms with Crippen molar-refractivity contribution >= 4 is 37.8 Å². The van der Waals surface area contributed by atoms with Crippen LogP contribution in [0, 0.1) is 0 Å². The van der Waals surface area contributed by atoms with Crippen LogP contribution in [0.25, 0.3) is 0 Å². The van der Waals surface area contributed by atoms with Crippen LogP contribution in [0.5, 0.6) is 0 Å². The van der Waals surface area contributed by atoms with Gasteiger partial charge >= 0.3 is 5.97 Å². The number of rotatable bonds is 1. The number of pyridine rings is 1. The maximum absolute atomic E-state index is 11.3. The molecule has 0 aliphatic heterocycles. The lowest BCUT2D eigenvalue weighted by molar-refractivity contribution is 0.0598. The molecule has 0 fully saturated rings. The number of aromatic nitrogens is 1. The highest BCUT2D eigenvalue weighted by Gasteiger charge is 2.14. The van der Waals surface area contributed by atoms with E-state index < -0.39 is 5.97 Å². The molecule has 0 N–H and O–H groups in total. The highest BCUT2D eigenvalue weighted by atomic mass is 79.9. The molecule has 0 radical (unpaired) electrons. The molecule has 1 rings (SSSR count). The van der Waals surface area contributed by atoms with Crippen molar-refractivity contribution in [3.8, 4) is 0 Å². The summed E-state index contributed by atoms with van der Waals surface area (Å²) in [5.41, 5.74) is 0.119. The molecule has 5 heteroatoms. The average molecular weight is 297 g/mol. The summed E-state index contributed by atoms with van der Waals surface area (Å²) in [6.07, 6.45) is -0.212. The summed E-state index contributed by atoms with van der Waals surface area (Å²) in [4.78, 5) is 14.9. The van der Waals surface area contributed by atoms with Crippen molar-refractivity contribution < 1.29 is 12.3 Å². The Hall–Kier alpha value is -0.420. The molecule has 1 heterocycles. The molecule has 0 amide bonds. The molecule has 1 aromatic heterocycles. The van der Waals surface area contributed by atoms with Crippen molar-refractivity contribution in [2.75, 3.05) is 7.11 Å². The van der Waals surface area contributed by atoms with Crippen LogP contribution in [0.4, 0.5) is 0 Å². The number of ether oxygens (including phenoxy) is 1. The minimum Gasteiger partial charge on any atom is -0.465 e. The summed E-state index contributed by atoms with van der Waals surface area (Å²) < 4.78 is 19.6. The van der Waals surface area contributed by atoms with Crippen molar-refractivity contribution in [2.45, 2.75) is 0 Å². The maximum atomic E-state index is 11.3. The Morgan fingerprint density at radius 2 is 2.42 bits per heavy atom. The number of hydrogen-bond acceptors (Lipinski definition) is 3. The third-order valence-corrected chi connectivity index (χ3v) is 2.30. The Kier molecular flexibility index (Phi) is 2.34. The first-order valence-electron chi connectivity index (χ1n) is 3.89. The predicted octanol–water partition coefficient (Wildman–Crippen LogP) is 2.39. The van der Waals surface area contributed by atoms with E-state index in [4.69, 9.17) is 2.74 Å². The number of hydrogen-bond donors (Lipinski definition) is 0. The van der Waals surface area contributed by atoms with Gasteiger partial charge in [0.25, 0.3) is 0 Å².